The number of carbonyl (C=O) groups excluding carboxylic acids is 1. The maximum absolute atomic E-state index is 12.1. The van der Waals surface area contributed by atoms with Gasteiger partial charge >= 0.3 is 0 Å². The van der Waals surface area contributed by atoms with E-state index in [0.29, 0.717) is 17.7 Å². The number of carbonyl (C=O) groups is 1. The van der Waals surface area contributed by atoms with Gasteiger partial charge in [-0.1, -0.05) is 24.3 Å². The number of nitrogens with zero attached hydrogens (tertiary/aromatic N) is 3. The first-order chi connectivity index (χ1) is 9.63. The molecule has 7 nitrogen and oxygen atoms in total. The normalized spacial score (nSPS) is 14.2. The van der Waals surface area contributed by atoms with Crippen LogP contribution in [0.1, 0.15) is 6.92 Å². The van der Waals surface area contributed by atoms with E-state index in [1.165, 1.54) is 6.92 Å². The number of aromatic nitrogens is 4. The number of H-pyrrole nitrogens is 1. The quantitative estimate of drug-likeness (QED) is 0.864. The Hall–Kier alpha value is -2.70. The van der Waals surface area contributed by atoms with E-state index >= 15 is 0 Å². The molecule has 0 bridgehead atoms. The van der Waals surface area contributed by atoms with E-state index in [1.54, 1.807) is 10.9 Å². The second-order valence-electron chi connectivity index (χ2n) is 4.60. The standard InChI is InChI=1S/C13H13N5O2/c1-8(19)15-13-16-11-10(12(20)17-13)18(7-14-11)6-9-4-2-3-5-9/h2-5,7,9H,6H2,1H3,(H2,15,16,17,19,20). The highest BCUT2D eigenvalue weighted by Crippen LogP contribution is 2.15. The van der Waals surface area contributed by atoms with Crippen LogP contribution in [0.25, 0.3) is 11.2 Å². The lowest BCUT2D eigenvalue weighted by atomic mass is 10.2. The Labute approximate surface area is 114 Å². The average molecular weight is 271 g/mol. The van der Waals surface area contributed by atoms with Crippen LogP contribution in [0, 0.1) is 5.92 Å². The van der Waals surface area contributed by atoms with Crippen LogP contribution in [-0.4, -0.2) is 25.4 Å². The molecule has 0 saturated carbocycles. The molecule has 0 fully saturated rings. The van der Waals surface area contributed by atoms with Crippen molar-refractivity contribution in [3.8, 4) is 0 Å². The second kappa shape index (κ2) is 4.76. The third-order valence-corrected chi connectivity index (χ3v) is 3.01. The lowest BCUT2D eigenvalue weighted by molar-refractivity contribution is -0.114. The lowest BCUT2D eigenvalue weighted by Gasteiger charge is -2.07. The number of hydrogen-bond donors (Lipinski definition) is 2. The first-order valence-corrected chi connectivity index (χ1v) is 6.21. The number of allylic oxidation sites excluding steroid dienone is 4. The van der Waals surface area contributed by atoms with Crippen molar-refractivity contribution >= 4 is 23.0 Å². The molecule has 0 aromatic carbocycles. The maximum Gasteiger partial charge on any atom is 0.278 e. The SMILES string of the molecule is CC(=O)Nc1nc2ncn(CC3C=CC=C3)c2c(=O)[nH]1. The number of imidazole rings is 1. The molecule has 0 spiro atoms. The van der Waals surface area contributed by atoms with Crippen LogP contribution in [0.2, 0.25) is 0 Å². The van der Waals surface area contributed by atoms with Crippen LogP contribution in [0.4, 0.5) is 5.95 Å². The van der Waals surface area contributed by atoms with Crippen molar-refractivity contribution in [2.75, 3.05) is 5.32 Å². The molecule has 3 rings (SSSR count). The van der Waals surface area contributed by atoms with Crippen molar-refractivity contribution in [2.45, 2.75) is 13.5 Å². The van der Waals surface area contributed by atoms with Crippen LogP contribution in [0.3, 0.4) is 0 Å². The van der Waals surface area contributed by atoms with Crippen molar-refractivity contribution in [2.24, 2.45) is 5.92 Å². The van der Waals surface area contributed by atoms with E-state index in [2.05, 4.69) is 32.4 Å². The zero-order valence-corrected chi connectivity index (χ0v) is 10.8. The summed E-state index contributed by atoms with van der Waals surface area (Å²) in [4.78, 5) is 33.9. The number of anilines is 1. The predicted octanol–water partition coefficient (Wildman–Crippen LogP) is 0.820. The summed E-state index contributed by atoms with van der Waals surface area (Å²) < 4.78 is 1.77. The van der Waals surface area contributed by atoms with Crippen LogP contribution in [-0.2, 0) is 11.3 Å². The number of hydrogen-bond acceptors (Lipinski definition) is 4. The first-order valence-electron chi connectivity index (χ1n) is 6.21. The number of rotatable bonds is 3. The molecule has 2 aromatic rings. The minimum absolute atomic E-state index is 0.112. The van der Waals surface area contributed by atoms with Gasteiger partial charge in [0.05, 0.1) is 6.33 Å². The zero-order chi connectivity index (χ0) is 14.1. The molecule has 0 aliphatic heterocycles. The Morgan fingerprint density at radius 2 is 2.20 bits per heavy atom. The summed E-state index contributed by atoms with van der Waals surface area (Å²) in [5, 5.41) is 2.44. The molecular formula is C13H13N5O2. The largest absolute Gasteiger partial charge is 0.324 e. The Kier molecular flexibility index (Phi) is 2.94. The molecule has 2 N–H and O–H groups in total. The van der Waals surface area contributed by atoms with Crippen molar-refractivity contribution < 1.29 is 4.79 Å². The smallest absolute Gasteiger partial charge is 0.278 e. The predicted molar refractivity (Wildman–Crippen MR) is 74.2 cm³/mol. The summed E-state index contributed by atoms with van der Waals surface area (Å²) >= 11 is 0. The van der Waals surface area contributed by atoms with Crippen LogP contribution < -0.4 is 10.9 Å². The van der Waals surface area contributed by atoms with Crippen molar-refractivity contribution in [1.82, 2.24) is 19.5 Å². The van der Waals surface area contributed by atoms with Gasteiger partial charge in [0, 0.05) is 19.4 Å². The van der Waals surface area contributed by atoms with Gasteiger partial charge in [0.2, 0.25) is 11.9 Å². The van der Waals surface area contributed by atoms with Gasteiger partial charge in [0.25, 0.3) is 5.56 Å². The van der Waals surface area contributed by atoms with Crippen molar-refractivity contribution in [3.05, 3.63) is 41.0 Å². The molecule has 7 heteroatoms. The summed E-state index contributed by atoms with van der Waals surface area (Å²) in [6, 6.07) is 0. The third kappa shape index (κ3) is 2.25. The highest BCUT2D eigenvalue weighted by molar-refractivity contribution is 5.87. The van der Waals surface area contributed by atoms with Crippen LogP contribution >= 0.6 is 0 Å². The molecular weight excluding hydrogens is 258 g/mol. The van der Waals surface area contributed by atoms with Gasteiger partial charge in [-0.15, -0.1) is 0 Å². The van der Waals surface area contributed by atoms with Gasteiger partial charge in [-0.05, 0) is 0 Å². The van der Waals surface area contributed by atoms with Gasteiger partial charge in [-0.25, -0.2) is 4.98 Å². The van der Waals surface area contributed by atoms with E-state index in [1.807, 2.05) is 12.2 Å². The van der Waals surface area contributed by atoms with Crippen LogP contribution in [0.15, 0.2) is 35.4 Å². The molecule has 0 saturated heterocycles. The second-order valence-corrected chi connectivity index (χ2v) is 4.60. The van der Waals surface area contributed by atoms with Gasteiger partial charge in [0.1, 0.15) is 0 Å². The first kappa shape index (κ1) is 12.3. The van der Waals surface area contributed by atoms with E-state index in [-0.39, 0.29) is 23.3 Å². The average Bonchev–Trinajstić information content (AvgIpc) is 2.99. The van der Waals surface area contributed by atoms with E-state index in [0.717, 1.165) is 0 Å². The number of amides is 1. The van der Waals surface area contributed by atoms with E-state index in [9.17, 15) is 9.59 Å². The highest BCUT2D eigenvalue weighted by atomic mass is 16.1. The Morgan fingerprint density at radius 1 is 1.45 bits per heavy atom. The van der Waals surface area contributed by atoms with Crippen molar-refractivity contribution in [1.29, 1.82) is 0 Å². The fourth-order valence-electron chi connectivity index (χ4n) is 2.18. The Bertz CT molecular complexity index is 772. The summed E-state index contributed by atoms with van der Waals surface area (Å²) in [5.74, 6) is 0.0656. The number of aromatic amines is 1. The summed E-state index contributed by atoms with van der Waals surface area (Å²) in [5.41, 5.74) is 0.415. The van der Waals surface area contributed by atoms with Gasteiger partial charge in [-0.3, -0.25) is 19.9 Å². The molecule has 1 amide bonds. The zero-order valence-electron chi connectivity index (χ0n) is 10.8. The summed E-state index contributed by atoms with van der Waals surface area (Å²) in [6.45, 7) is 1.98. The van der Waals surface area contributed by atoms with Gasteiger partial charge in [-0.2, -0.15) is 4.98 Å². The molecule has 2 heterocycles. The Morgan fingerprint density at radius 3 is 2.90 bits per heavy atom. The van der Waals surface area contributed by atoms with Crippen molar-refractivity contribution in [3.63, 3.8) is 0 Å². The van der Waals surface area contributed by atoms with Gasteiger partial charge < -0.3 is 4.57 Å². The molecule has 0 atom stereocenters. The topological polar surface area (TPSA) is 92.7 Å². The molecule has 1 aliphatic rings. The molecule has 102 valence electrons. The highest BCUT2D eigenvalue weighted by Gasteiger charge is 2.13. The number of fused-ring (bicyclic) bond motifs is 1. The molecule has 1 aliphatic carbocycles. The fraction of sp³-hybridized carbons (Fsp3) is 0.231. The molecule has 2 aromatic heterocycles. The van der Waals surface area contributed by atoms with E-state index < -0.39 is 0 Å². The van der Waals surface area contributed by atoms with E-state index in [4.69, 9.17) is 0 Å². The third-order valence-electron chi connectivity index (χ3n) is 3.01. The van der Waals surface area contributed by atoms with Gasteiger partial charge in [0.15, 0.2) is 11.2 Å². The maximum atomic E-state index is 12.1. The molecule has 20 heavy (non-hydrogen) atoms. The minimum Gasteiger partial charge on any atom is -0.324 e. The summed E-state index contributed by atoms with van der Waals surface area (Å²) in [7, 11) is 0. The van der Waals surface area contributed by atoms with Crippen LogP contribution in [0.5, 0.6) is 0 Å². The minimum atomic E-state index is -0.317. The fourth-order valence-corrected chi connectivity index (χ4v) is 2.18. The number of nitrogens with one attached hydrogen (secondary N) is 2. The molecule has 0 radical (unpaired) electrons. The monoisotopic (exact) mass is 271 g/mol. The summed E-state index contributed by atoms with van der Waals surface area (Å²) in [6.07, 6.45) is 9.64. The Balaban J connectivity index is 1.99. The molecule has 0 unspecified atom stereocenters. The lowest BCUT2D eigenvalue weighted by Crippen LogP contribution is -2.18.